The van der Waals surface area contributed by atoms with Gasteiger partial charge in [-0.1, -0.05) is 0 Å². The van der Waals surface area contributed by atoms with Gasteiger partial charge in [0.15, 0.2) is 0 Å². The highest BCUT2D eigenvalue weighted by Crippen LogP contribution is 2.13. The average molecular weight is 261 g/mol. The highest BCUT2D eigenvalue weighted by atomic mass is 16.5. The number of piperidine rings is 1. The summed E-state index contributed by atoms with van der Waals surface area (Å²) < 4.78 is 15.6. The maximum Gasteiger partial charge on any atom is 0.329 e. The van der Waals surface area contributed by atoms with Crippen LogP contribution in [0.15, 0.2) is 0 Å². The Kier molecular flexibility index (Phi) is 7.91. The highest BCUT2D eigenvalue weighted by Gasteiger charge is 2.19. The molecule has 0 atom stereocenters. The van der Waals surface area contributed by atoms with E-state index in [1.807, 2.05) is 0 Å². The molecule has 0 amide bonds. The van der Waals surface area contributed by atoms with Crippen LogP contribution in [0.2, 0.25) is 0 Å². The summed E-state index contributed by atoms with van der Waals surface area (Å²) in [5.41, 5.74) is 0. The number of rotatable bonds is 9. The highest BCUT2D eigenvalue weighted by molar-refractivity contribution is 5.68. The zero-order chi connectivity index (χ0) is 13.2. The number of hydrogen-bond acceptors (Lipinski definition) is 5. The standard InChI is InChI=1S/C12H23NO5/c1-16-8-9-17-7-6-13-4-2-11(3-5-13)18-10-12(14)15/h11H,2-10H2,1H3,(H,14,15). The lowest BCUT2D eigenvalue weighted by Crippen LogP contribution is -2.39. The van der Waals surface area contributed by atoms with Crippen molar-refractivity contribution < 1.29 is 24.1 Å². The Labute approximate surface area is 108 Å². The molecule has 106 valence electrons. The van der Waals surface area contributed by atoms with Crippen molar-refractivity contribution in [1.29, 1.82) is 0 Å². The van der Waals surface area contributed by atoms with E-state index in [4.69, 9.17) is 19.3 Å². The molecule has 0 saturated carbocycles. The summed E-state index contributed by atoms with van der Waals surface area (Å²) in [5, 5.41) is 8.52. The van der Waals surface area contributed by atoms with Gasteiger partial charge in [0, 0.05) is 26.7 Å². The minimum absolute atomic E-state index is 0.0896. The second-order valence-electron chi connectivity index (χ2n) is 4.35. The number of ether oxygens (including phenoxy) is 3. The first kappa shape index (κ1) is 15.4. The fourth-order valence-electron chi connectivity index (χ4n) is 1.93. The second kappa shape index (κ2) is 9.27. The molecular weight excluding hydrogens is 238 g/mol. The quantitative estimate of drug-likeness (QED) is 0.599. The van der Waals surface area contributed by atoms with E-state index in [2.05, 4.69) is 4.90 Å². The smallest absolute Gasteiger partial charge is 0.329 e. The van der Waals surface area contributed by atoms with Crippen LogP contribution in [-0.4, -0.2) is 75.3 Å². The van der Waals surface area contributed by atoms with E-state index >= 15 is 0 Å². The first-order chi connectivity index (χ1) is 8.72. The van der Waals surface area contributed by atoms with Crippen molar-refractivity contribution in [3.63, 3.8) is 0 Å². The number of hydrogen-bond donors (Lipinski definition) is 1. The van der Waals surface area contributed by atoms with Gasteiger partial charge in [-0.15, -0.1) is 0 Å². The van der Waals surface area contributed by atoms with Crippen LogP contribution < -0.4 is 0 Å². The lowest BCUT2D eigenvalue weighted by molar-refractivity contribution is -0.145. The molecule has 0 spiro atoms. The monoisotopic (exact) mass is 261 g/mol. The zero-order valence-corrected chi connectivity index (χ0v) is 11.0. The fraction of sp³-hybridized carbons (Fsp3) is 0.917. The maximum atomic E-state index is 10.4. The van der Waals surface area contributed by atoms with Crippen LogP contribution in [0.5, 0.6) is 0 Å². The van der Waals surface area contributed by atoms with E-state index in [0.717, 1.165) is 32.5 Å². The molecule has 6 nitrogen and oxygen atoms in total. The van der Waals surface area contributed by atoms with Crippen molar-refractivity contribution >= 4 is 5.97 Å². The molecule has 1 N–H and O–H groups in total. The van der Waals surface area contributed by atoms with Crippen molar-refractivity contribution in [2.75, 3.05) is 53.2 Å². The summed E-state index contributed by atoms with van der Waals surface area (Å²) in [5.74, 6) is -0.899. The van der Waals surface area contributed by atoms with Crippen molar-refractivity contribution in [2.24, 2.45) is 0 Å². The Bertz CT molecular complexity index is 229. The second-order valence-corrected chi connectivity index (χ2v) is 4.35. The lowest BCUT2D eigenvalue weighted by Gasteiger charge is -2.31. The molecule has 0 bridgehead atoms. The first-order valence-corrected chi connectivity index (χ1v) is 6.35. The minimum Gasteiger partial charge on any atom is -0.480 e. The summed E-state index contributed by atoms with van der Waals surface area (Å²) >= 11 is 0. The van der Waals surface area contributed by atoms with Gasteiger partial charge in [-0.3, -0.25) is 0 Å². The summed E-state index contributed by atoms with van der Waals surface area (Å²) in [6, 6.07) is 0. The SMILES string of the molecule is COCCOCCN1CCC(OCC(=O)O)CC1. The fourth-order valence-corrected chi connectivity index (χ4v) is 1.93. The van der Waals surface area contributed by atoms with E-state index in [9.17, 15) is 4.79 Å². The van der Waals surface area contributed by atoms with Crippen molar-refractivity contribution in [1.82, 2.24) is 4.90 Å². The van der Waals surface area contributed by atoms with E-state index in [1.54, 1.807) is 7.11 Å². The maximum absolute atomic E-state index is 10.4. The normalized spacial score (nSPS) is 18.1. The molecule has 0 radical (unpaired) electrons. The van der Waals surface area contributed by atoms with Crippen LogP contribution in [-0.2, 0) is 19.0 Å². The van der Waals surface area contributed by atoms with Gasteiger partial charge in [-0.2, -0.15) is 0 Å². The molecule has 0 unspecified atom stereocenters. The summed E-state index contributed by atoms with van der Waals surface area (Å²) in [6.45, 7) is 4.58. The number of aliphatic carboxylic acids is 1. The van der Waals surface area contributed by atoms with Gasteiger partial charge >= 0.3 is 5.97 Å². The third-order valence-electron chi connectivity index (χ3n) is 2.96. The Morgan fingerprint density at radius 3 is 2.61 bits per heavy atom. The molecule has 0 aromatic heterocycles. The molecule has 1 aliphatic rings. The summed E-state index contributed by atoms with van der Waals surface area (Å²) in [6.07, 6.45) is 1.88. The van der Waals surface area contributed by atoms with Crippen LogP contribution in [0.25, 0.3) is 0 Å². The Morgan fingerprint density at radius 1 is 1.28 bits per heavy atom. The average Bonchev–Trinajstić information content (AvgIpc) is 2.37. The van der Waals surface area contributed by atoms with Crippen LogP contribution >= 0.6 is 0 Å². The molecule has 6 heteroatoms. The molecule has 0 aliphatic carbocycles. The van der Waals surface area contributed by atoms with Crippen LogP contribution in [0.3, 0.4) is 0 Å². The van der Waals surface area contributed by atoms with Crippen molar-refractivity contribution in [2.45, 2.75) is 18.9 Å². The number of carbonyl (C=O) groups is 1. The molecule has 1 heterocycles. The zero-order valence-electron chi connectivity index (χ0n) is 11.0. The van der Waals surface area contributed by atoms with Crippen molar-refractivity contribution in [3.8, 4) is 0 Å². The number of methoxy groups -OCH3 is 1. The summed E-state index contributed by atoms with van der Waals surface area (Å²) in [7, 11) is 1.66. The van der Waals surface area contributed by atoms with E-state index in [0.29, 0.717) is 19.8 Å². The molecule has 1 saturated heterocycles. The Hall–Kier alpha value is -0.690. The number of likely N-dealkylation sites (tertiary alicyclic amines) is 1. The van der Waals surface area contributed by atoms with Gasteiger partial charge in [-0.05, 0) is 12.8 Å². The first-order valence-electron chi connectivity index (χ1n) is 6.35. The van der Waals surface area contributed by atoms with Crippen LogP contribution in [0.4, 0.5) is 0 Å². The molecule has 0 aromatic rings. The molecule has 18 heavy (non-hydrogen) atoms. The predicted octanol–water partition coefficient (Wildman–Crippen LogP) is 0.215. The Balaban J connectivity index is 1.99. The van der Waals surface area contributed by atoms with Crippen LogP contribution in [0.1, 0.15) is 12.8 Å². The number of carboxylic acids is 1. The van der Waals surface area contributed by atoms with Gasteiger partial charge in [0.25, 0.3) is 0 Å². The minimum atomic E-state index is -0.899. The lowest BCUT2D eigenvalue weighted by atomic mass is 10.1. The predicted molar refractivity (Wildman–Crippen MR) is 65.7 cm³/mol. The summed E-state index contributed by atoms with van der Waals surface area (Å²) in [4.78, 5) is 12.7. The molecule has 1 rings (SSSR count). The van der Waals surface area contributed by atoms with Crippen molar-refractivity contribution in [3.05, 3.63) is 0 Å². The topological polar surface area (TPSA) is 68.2 Å². The van der Waals surface area contributed by atoms with E-state index < -0.39 is 5.97 Å². The van der Waals surface area contributed by atoms with Gasteiger partial charge in [-0.25, -0.2) is 4.79 Å². The largest absolute Gasteiger partial charge is 0.480 e. The number of carboxylic acid groups (broad SMARTS) is 1. The molecule has 1 aliphatic heterocycles. The third-order valence-corrected chi connectivity index (χ3v) is 2.96. The third kappa shape index (κ3) is 6.90. The Morgan fingerprint density at radius 2 is 2.00 bits per heavy atom. The van der Waals surface area contributed by atoms with Gasteiger partial charge in [0.05, 0.1) is 25.9 Å². The van der Waals surface area contributed by atoms with E-state index in [-0.39, 0.29) is 12.7 Å². The van der Waals surface area contributed by atoms with Crippen LogP contribution in [0, 0.1) is 0 Å². The van der Waals surface area contributed by atoms with Gasteiger partial charge < -0.3 is 24.2 Å². The van der Waals surface area contributed by atoms with Gasteiger partial charge in [0.2, 0.25) is 0 Å². The molecule has 0 aromatic carbocycles. The van der Waals surface area contributed by atoms with E-state index in [1.165, 1.54) is 0 Å². The molecular formula is C12H23NO5. The van der Waals surface area contributed by atoms with Gasteiger partial charge in [0.1, 0.15) is 6.61 Å². The number of nitrogens with zero attached hydrogens (tertiary/aromatic N) is 1. The molecule has 1 fully saturated rings.